The first-order valence-electron chi connectivity index (χ1n) is 10.6. The van der Waals surface area contributed by atoms with Crippen molar-refractivity contribution >= 4 is 11.6 Å². The van der Waals surface area contributed by atoms with Gasteiger partial charge in [-0.3, -0.25) is 9.59 Å². The maximum Gasteiger partial charge on any atom is 0.257 e. The van der Waals surface area contributed by atoms with E-state index < -0.39 is 40.9 Å². The Morgan fingerprint density at radius 2 is 1.79 bits per heavy atom. The number of hydrogen-bond acceptors (Lipinski definition) is 4. The number of aromatic nitrogens is 1. The van der Waals surface area contributed by atoms with E-state index in [1.54, 1.807) is 18.6 Å². The highest BCUT2D eigenvalue weighted by Crippen LogP contribution is 2.26. The SMILES string of the molecule is C=C1c2c(C)c(=O)c(C(=O)NCc3c(F)cc(F)cc3F)cn2CCN1C(C)C.CCOC. The van der Waals surface area contributed by atoms with E-state index in [1.165, 1.54) is 6.20 Å². The molecule has 33 heavy (non-hydrogen) atoms. The molecule has 0 bridgehead atoms. The van der Waals surface area contributed by atoms with Crippen LogP contribution in [0.3, 0.4) is 0 Å². The Bertz CT molecular complexity index is 1070. The number of nitrogens with one attached hydrogen (secondary N) is 1. The Morgan fingerprint density at radius 3 is 2.30 bits per heavy atom. The highest BCUT2D eigenvalue weighted by molar-refractivity contribution is 5.94. The quantitative estimate of drug-likeness (QED) is 0.729. The molecule has 0 radical (unpaired) electrons. The van der Waals surface area contributed by atoms with Crippen LogP contribution < -0.4 is 10.7 Å². The summed E-state index contributed by atoms with van der Waals surface area (Å²) in [5, 5.41) is 2.34. The van der Waals surface area contributed by atoms with Crippen LogP contribution >= 0.6 is 0 Å². The molecule has 3 rings (SSSR count). The van der Waals surface area contributed by atoms with Crippen molar-refractivity contribution in [2.45, 2.75) is 46.8 Å². The average molecular weight is 466 g/mol. The summed E-state index contributed by atoms with van der Waals surface area (Å²) in [4.78, 5) is 27.4. The molecule has 0 fully saturated rings. The molecule has 6 nitrogen and oxygen atoms in total. The summed E-state index contributed by atoms with van der Waals surface area (Å²) in [5.74, 6) is -4.01. The molecule has 1 N–H and O–H groups in total. The number of pyridine rings is 1. The van der Waals surface area contributed by atoms with Gasteiger partial charge in [0.25, 0.3) is 5.91 Å². The van der Waals surface area contributed by atoms with Crippen LogP contribution in [0.4, 0.5) is 13.2 Å². The first-order chi connectivity index (χ1) is 15.5. The first-order valence-corrected chi connectivity index (χ1v) is 10.6. The lowest BCUT2D eigenvalue weighted by molar-refractivity contribution is 0.0948. The number of nitrogens with zero attached hydrogens (tertiary/aromatic N) is 2. The second-order valence-electron chi connectivity index (χ2n) is 7.88. The van der Waals surface area contributed by atoms with Gasteiger partial charge in [0, 0.05) is 68.8 Å². The van der Waals surface area contributed by atoms with Crippen LogP contribution in [-0.4, -0.2) is 41.7 Å². The van der Waals surface area contributed by atoms with Crippen LogP contribution in [0.15, 0.2) is 29.7 Å². The van der Waals surface area contributed by atoms with Crippen molar-refractivity contribution in [2.24, 2.45) is 0 Å². The smallest absolute Gasteiger partial charge is 0.257 e. The molecular weight excluding hydrogens is 435 g/mol. The standard InChI is InChI=1S/C21H22F3N3O2.C3H8O/c1-11(2)27-6-5-26-10-16(20(28)12(3)19(26)13(27)4)21(29)25-9-15-17(23)7-14(22)8-18(15)24;1-3-4-2/h7-8,10-11H,4-6,9H2,1-3H3,(H,25,29);3H2,1-2H3. The molecule has 0 spiro atoms. The molecule has 1 aliphatic rings. The van der Waals surface area contributed by atoms with Crippen molar-refractivity contribution in [1.29, 1.82) is 0 Å². The summed E-state index contributed by atoms with van der Waals surface area (Å²) in [5.41, 5.74) is 0.688. The summed E-state index contributed by atoms with van der Waals surface area (Å²) in [6.07, 6.45) is 1.44. The van der Waals surface area contributed by atoms with Gasteiger partial charge >= 0.3 is 0 Å². The largest absolute Gasteiger partial charge is 0.385 e. The molecule has 2 aromatic rings. The summed E-state index contributed by atoms with van der Waals surface area (Å²) >= 11 is 0. The number of fused-ring (bicyclic) bond motifs is 1. The predicted molar refractivity (Wildman–Crippen MR) is 121 cm³/mol. The fourth-order valence-corrected chi connectivity index (χ4v) is 3.59. The van der Waals surface area contributed by atoms with Crippen molar-refractivity contribution in [2.75, 3.05) is 20.3 Å². The summed E-state index contributed by atoms with van der Waals surface area (Å²) in [6.45, 7) is 13.3. The Morgan fingerprint density at radius 1 is 1.21 bits per heavy atom. The van der Waals surface area contributed by atoms with Crippen molar-refractivity contribution in [3.8, 4) is 0 Å². The average Bonchev–Trinajstić information content (AvgIpc) is 2.75. The van der Waals surface area contributed by atoms with Gasteiger partial charge < -0.3 is 19.5 Å². The molecule has 2 heterocycles. The predicted octanol–water partition coefficient (Wildman–Crippen LogP) is 3.85. The molecule has 0 atom stereocenters. The molecule has 0 aliphatic carbocycles. The van der Waals surface area contributed by atoms with Crippen molar-refractivity contribution in [3.63, 3.8) is 0 Å². The number of benzene rings is 1. The minimum atomic E-state index is -1.11. The number of halogens is 3. The van der Waals surface area contributed by atoms with E-state index >= 15 is 0 Å². The topological polar surface area (TPSA) is 63.6 Å². The van der Waals surface area contributed by atoms with Crippen LogP contribution in [0.5, 0.6) is 0 Å². The highest BCUT2D eigenvalue weighted by Gasteiger charge is 2.26. The van der Waals surface area contributed by atoms with Crippen LogP contribution in [0.2, 0.25) is 0 Å². The Kier molecular flexibility index (Phi) is 8.87. The van der Waals surface area contributed by atoms with Gasteiger partial charge in [-0.15, -0.1) is 0 Å². The first kappa shape index (κ1) is 26.2. The summed E-state index contributed by atoms with van der Waals surface area (Å²) in [6, 6.07) is 1.29. The van der Waals surface area contributed by atoms with E-state index in [4.69, 9.17) is 0 Å². The maximum atomic E-state index is 13.8. The van der Waals surface area contributed by atoms with Gasteiger partial charge in [-0.05, 0) is 27.7 Å². The minimum Gasteiger partial charge on any atom is -0.385 e. The molecule has 0 saturated heterocycles. The molecule has 0 saturated carbocycles. The number of ether oxygens (including phenoxy) is 1. The molecule has 180 valence electrons. The van der Waals surface area contributed by atoms with Crippen LogP contribution in [-0.2, 0) is 17.8 Å². The van der Waals surface area contributed by atoms with Crippen molar-refractivity contribution < 1.29 is 22.7 Å². The van der Waals surface area contributed by atoms with Gasteiger partial charge in [0.05, 0.1) is 11.4 Å². The number of methoxy groups -OCH3 is 1. The summed E-state index contributed by atoms with van der Waals surface area (Å²) in [7, 11) is 1.68. The molecule has 0 unspecified atom stereocenters. The van der Waals surface area contributed by atoms with Crippen LogP contribution in [0.25, 0.3) is 5.70 Å². The number of carbonyl (C=O) groups excluding carboxylic acids is 1. The highest BCUT2D eigenvalue weighted by atomic mass is 19.1. The second kappa shape index (κ2) is 11.2. The number of rotatable bonds is 5. The minimum absolute atomic E-state index is 0.125. The molecule has 9 heteroatoms. The molecular formula is C24H30F3N3O3. The Hall–Kier alpha value is -3.07. The monoisotopic (exact) mass is 465 g/mol. The van der Waals surface area contributed by atoms with E-state index in [2.05, 4.69) is 21.5 Å². The Labute approximate surface area is 191 Å². The fraction of sp³-hybridized carbons (Fsp3) is 0.417. The van der Waals surface area contributed by atoms with Crippen molar-refractivity contribution in [3.05, 3.63) is 75.0 Å². The third kappa shape index (κ3) is 5.84. The van der Waals surface area contributed by atoms with E-state index in [0.29, 0.717) is 42.2 Å². The van der Waals surface area contributed by atoms with Gasteiger partial charge in [-0.25, -0.2) is 13.2 Å². The van der Waals surface area contributed by atoms with Gasteiger partial charge in [-0.1, -0.05) is 6.58 Å². The molecule has 1 aliphatic heterocycles. The Balaban J connectivity index is 0.000000890. The number of amides is 1. The molecule has 1 aromatic heterocycles. The van der Waals surface area contributed by atoms with Crippen molar-refractivity contribution in [1.82, 2.24) is 14.8 Å². The van der Waals surface area contributed by atoms with Gasteiger partial charge in [0.15, 0.2) is 5.43 Å². The van der Waals surface area contributed by atoms with E-state index in [1.807, 2.05) is 20.8 Å². The summed E-state index contributed by atoms with van der Waals surface area (Å²) < 4.78 is 46.9. The molecule has 1 amide bonds. The lowest BCUT2D eigenvalue weighted by Crippen LogP contribution is -2.40. The third-order valence-electron chi connectivity index (χ3n) is 5.40. The third-order valence-corrected chi connectivity index (χ3v) is 5.40. The van der Waals surface area contributed by atoms with Gasteiger partial charge in [0.2, 0.25) is 0 Å². The zero-order chi connectivity index (χ0) is 24.9. The van der Waals surface area contributed by atoms with Gasteiger partial charge in [0.1, 0.15) is 23.0 Å². The van der Waals surface area contributed by atoms with E-state index in [0.717, 1.165) is 6.61 Å². The van der Waals surface area contributed by atoms with Gasteiger partial charge in [-0.2, -0.15) is 0 Å². The van der Waals surface area contributed by atoms with Crippen LogP contribution in [0, 0.1) is 24.4 Å². The normalized spacial score (nSPS) is 12.9. The number of carbonyl (C=O) groups is 1. The van der Waals surface area contributed by atoms with E-state index in [9.17, 15) is 22.8 Å². The fourth-order valence-electron chi connectivity index (χ4n) is 3.59. The zero-order valence-electron chi connectivity index (χ0n) is 19.6. The molecule has 1 aromatic carbocycles. The number of hydrogen-bond donors (Lipinski definition) is 1. The second-order valence-corrected chi connectivity index (χ2v) is 7.88. The lowest BCUT2D eigenvalue weighted by Gasteiger charge is -2.37. The maximum absolute atomic E-state index is 13.8. The van der Waals surface area contributed by atoms with E-state index in [-0.39, 0.29) is 11.6 Å². The lowest BCUT2D eigenvalue weighted by atomic mass is 10.0. The van der Waals surface area contributed by atoms with Crippen LogP contribution in [0.1, 0.15) is 48.0 Å². The zero-order valence-corrected chi connectivity index (χ0v) is 19.6.